The zero-order valence-corrected chi connectivity index (χ0v) is 16.0. The Morgan fingerprint density at radius 1 is 1.12 bits per heavy atom. The maximum Gasteiger partial charge on any atom is 0.167 e. The molecule has 1 aromatic carbocycles. The van der Waals surface area contributed by atoms with E-state index in [1.165, 1.54) is 7.11 Å². The van der Waals surface area contributed by atoms with Gasteiger partial charge in [-0.1, -0.05) is 41.0 Å². The maximum atomic E-state index is 12.1. The number of phenols is 2. The molecule has 0 radical (unpaired) electrons. The lowest BCUT2D eigenvalue weighted by atomic mass is 9.59. The number of hydrogen-bond donors (Lipinski definition) is 2. The number of fused-ring (bicyclic) bond motifs is 3. The number of hydrogen-bond acceptors (Lipinski definition) is 4. The highest BCUT2D eigenvalue weighted by Crippen LogP contribution is 2.65. The van der Waals surface area contributed by atoms with Crippen LogP contribution in [0.25, 0.3) is 5.57 Å². The van der Waals surface area contributed by atoms with Crippen molar-refractivity contribution in [1.29, 1.82) is 0 Å². The zero-order valence-electron chi connectivity index (χ0n) is 16.0. The smallest absolute Gasteiger partial charge is 0.167 e. The van der Waals surface area contributed by atoms with E-state index < -0.39 is 5.41 Å². The second kappa shape index (κ2) is 5.52. The normalized spacial score (nSPS) is 24.3. The first-order chi connectivity index (χ1) is 11.6. The van der Waals surface area contributed by atoms with Crippen molar-refractivity contribution in [3.8, 4) is 17.2 Å². The quantitative estimate of drug-likeness (QED) is 0.618. The monoisotopic (exact) mass is 344 g/mol. The summed E-state index contributed by atoms with van der Waals surface area (Å²) in [7, 11) is 1.50. The van der Waals surface area contributed by atoms with Gasteiger partial charge in [0, 0.05) is 27.7 Å². The van der Waals surface area contributed by atoms with Gasteiger partial charge in [0.1, 0.15) is 5.75 Å². The number of aromatic hydroxyl groups is 2. The molecule has 0 unspecified atom stereocenters. The SMILES string of the molecule is COc1c(O)c2c(c(O)c1C(C)C)C(C=O)=C1C(C)(C)CCC[C@@]12C. The number of rotatable bonds is 3. The lowest BCUT2D eigenvalue weighted by Crippen LogP contribution is -2.36. The second-order valence-corrected chi connectivity index (χ2v) is 8.52. The van der Waals surface area contributed by atoms with E-state index in [9.17, 15) is 15.0 Å². The van der Waals surface area contributed by atoms with E-state index in [4.69, 9.17) is 4.74 Å². The molecular formula is C21H28O4. The topological polar surface area (TPSA) is 66.8 Å². The van der Waals surface area contributed by atoms with E-state index in [1.807, 2.05) is 13.8 Å². The molecule has 0 aliphatic heterocycles. The van der Waals surface area contributed by atoms with E-state index in [-0.39, 0.29) is 22.8 Å². The van der Waals surface area contributed by atoms with Crippen LogP contribution in [0.2, 0.25) is 0 Å². The van der Waals surface area contributed by atoms with Crippen molar-refractivity contribution in [1.82, 2.24) is 0 Å². The third-order valence-corrected chi connectivity index (χ3v) is 6.14. The summed E-state index contributed by atoms with van der Waals surface area (Å²) in [6, 6.07) is 0. The van der Waals surface area contributed by atoms with E-state index >= 15 is 0 Å². The van der Waals surface area contributed by atoms with E-state index in [0.29, 0.717) is 28.0 Å². The van der Waals surface area contributed by atoms with Gasteiger partial charge in [-0.25, -0.2) is 0 Å². The van der Waals surface area contributed by atoms with Crippen LogP contribution in [0.5, 0.6) is 17.2 Å². The molecule has 1 aromatic rings. The first-order valence-electron chi connectivity index (χ1n) is 8.98. The Bertz CT molecular complexity index is 786. The maximum absolute atomic E-state index is 12.1. The van der Waals surface area contributed by atoms with Gasteiger partial charge >= 0.3 is 0 Å². The summed E-state index contributed by atoms with van der Waals surface area (Å²) in [5.41, 5.74) is 2.66. The van der Waals surface area contributed by atoms with Crippen LogP contribution in [0.3, 0.4) is 0 Å². The van der Waals surface area contributed by atoms with Gasteiger partial charge in [0.05, 0.1) is 7.11 Å². The Kier molecular flexibility index (Phi) is 3.94. The molecule has 1 fully saturated rings. The van der Waals surface area contributed by atoms with Crippen LogP contribution in [0.15, 0.2) is 5.57 Å². The van der Waals surface area contributed by atoms with Crippen LogP contribution < -0.4 is 4.74 Å². The molecule has 1 saturated carbocycles. The molecule has 136 valence electrons. The summed E-state index contributed by atoms with van der Waals surface area (Å²) in [5.74, 6) is 0.407. The van der Waals surface area contributed by atoms with Gasteiger partial charge in [0.25, 0.3) is 0 Å². The molecule has 1 atom stereocenters. The van der Waals surface area contributed by atoms with Crippen LogP contribution in [0.1, 0.15) is 76.5 Å². The minimum atomic E-state index is -0.461. The van der Waals surface area contributed by atoms with Gasteiger partial charge in [-0.3, -0.25) is 4.79 Å². The molecule has 4 nitrogen and oxygen atoms in total. The van der Waals surface area contributed by atoms with E-state index in [1.54, 1.807) is 0 Å². The number of carbonyl (C=O) groups excluding carboxylic acids is 1. The van der Waals surface area contributed by atoms with Crippen molar-refractivity contribution < 1.29 is 19.7 Å². The molecule has 0 saturated heterocycles. The Hall–Kier alpha value is -1.97. The van der Waals surface area contributed by atoms with E-state index in [0.717, 1.165) is 31.1 Å². The summed E-state index contributed by atoms with van der Waals surface area (Å²) in [6.07, 6.45) is 3.68. The van der Waals surface area contributed by atoms with Gasteiger partial charge < -0.3 is 14.9 Å². The van der Waals surface area contributed by atoms with Gasteiger partial charge in [-0.15, -0.1) is 0 Å². The fourth-order valence-electron chi connectivity index (χ4n) is 5.30. The molecule has 0 spiro atoms. The molecule has 4 heteroatoms. The fraction of sp³-hybridized carbons (Fsp3) is 0.571. The first-order valence-corrected chi connectivity index (χ1v) is 8.98. The molecule has 25 heavy (non-hydrogen) atoms. The summed E-state index contributed by atoms with van der Waals surface area (Å²) in [4.78, 5) is 12.1. The molecule has 0 amide bonds. The largest absolute Gasteiger partial charge is 0.507 e. The van der Waals surface area contributed by atoms with Crippen molar-refractivity contribution in [2.45, 2.75) is 65.2 Å². The van der Waals surface area contributed by atoms with Crippen LogP contribution in [0.4, 0.5) is 0 Å². The highest BCUT2D eigenvalue weighted by atomic mass is 16.5. The molecule has 3 rings (SSSR count). The number of phenolic OH excluding ortho intramolecular Hbond substituents is 2. The summed E-state index contributed by atoms with van der Waals surface area (Å²) >= 11 is 0. The van der Waals surface area contributed by atoms with Crippen molar-refractivity contribution in [3.05, 3.63) is 22.3 Å². The Morgan fingerprint density at radius 3 is 2.28 bits per heavy atom. The minimum Gasteiger partial charge on any atom is -0.507 e. The van der Waals surface area contributed by atoms with Crippen LogP contribution in [0, 0.1) is 5.41 Å². The van der Waals surface area contributed by atoms with Gasteiger partial charge in [0.2, 0.25) is 0 Å². The Balaban J connectivity index is 2.49. The third kappa shape index (κ3) is 2.16. The van der Waals surface area contributed by atoms with Gasteiger partial charge in [0.15, 0.2) is 17.8 Å². The number of benzene rings is 1. The van der Waals surface area contributed by atoms with Crippen molar-refractivity contribution >= 4 is 11.9 Å². The van der Waals surface area contributed by atoms with Crippen molar-refractivity contribution in [2.24, 2.45) is 5.41 Å². The summed E-state index contributed by atoms with van der Waals surface area (Å²) < 4.78 is 5.47. The van der Waals surface area contributed by atoms with Crippen molar-refractivity contribution in [3.63, 3.8) is 0 Å². The number of methoxy groups -OCH3 is 1. The Morgan fingerprint density at radius 2 is 1.76 bits per heavy atom. The molecular weight excluding hydrogens is 316 g/mol. The summed E-state index contributed by atoms with van der Waals surface area (Å²) in [5, 5.41) is 22.1. The minimum absolute atomic E-state index is 0.0486. The second-order valence-electron chi connectivity index (χ2n) is 8.52. The zero-order chi connectivity index (χ0) is 18.7. The lowest BCUT2D eigenvalue weighted by Gasteiger charge is -2.44. The van der Waals surface area contributed by atoms with Gasteiger partial charge in [-0.05, 0) is 29.7 Å². The predicted molar refractivity (Wildman–Crippen MR) is 98.4 cm³/mol. The molecule has 0 heterocycles. The fourth-order valence-corrected chi connectivity index (χ4v) is 5.30. The highest BCUT2D eigenvalue weighted by Gasteiger charge is 2.53. The number of allylic oxidation sites excluding steroid dienone is 2. The lowest BCUT2D eigenvalue weighted by molar-refractivity contribution is -0.103. The standard InChI is InChI=1S/C21H28O4/c1-11(2)13-16(23)14-12(10-22)19-20(3,4)8-7-9-21(19,5)15(14)17(24)18(13)25-6/h10-11,23-24H,7-9H2,1-6H3/t21-/m1/s1. The number of aldehydes is 1. The van der Waals surface area contributed by atoms with Crippen LogP contribution in [-0.4, -0.2) is 23.6 Å². The molecule has 0 aromatic heterocycles. The Labute approximate surface area is 149 Å². The van der Waals surface area contributed by atoms with Gasteiger partial charge in [-0.2, -0.15) is 0 Å². The molecule has 2 N–H and O–H groups in total. The molecule has 2 aliphatic carbocycles. The molecule has 2 aliphatic rings. The van der Waals surface area contributed by atoms with Crippen LogP contribution in [-0.2, 0) is 10.2 Å². The number of carbonyl (C=O) groups is 1. The predicted octanol–water partition coefficient (Wildman–Crippen LogP) is 4.66. The highest BCUT2D eigenvalue weighted by molar-refractivity contribution is 6.14. The van der Waals surface area contributed by atoms with Crippen LogP contribution >= 0.6 is 0 Å². The molecule has 0 bridgehead atoms. The number of ether oxygens (including phenoxy) is 1. The average molecular weight is 344 g/mol. The van der Waals surface area contributed by atoms with Crippen molar-refractivity contribution in [2.75, 3.05) is 7.11 Å². The summed E-state index contributed by atoms with van der Waals surface area (Å²) in [6.45, 7) is 10.2. The van der Waals surface area contributed by atoms with E-state index in [2.05, 4.69) is 20.8 Å². The average Bonchev–Trinajstić information content (AvgIpc) is 2.80. The third-order valence-electron chi connectivity index (χ3n) is 6.14. The first kappa shape index (κ1) is 17.8.